The number of rotatable bonds is 52. The number of unbranched alkanes of at least 4 members (excludes halogenated alkanes) is 1. The van der Waals surface area contributed by atoms with Crippen LogP contribution in [0.3, 0.4) is 0 Å². The molecule has 27 nitrogen and oxygen atoms in total. The Balaban J connectivity index is 0.554. The van der Waals surface area contributed by atoms with Crippen molar-refractivity contribution in [2.24, 2.45) is 0 Å². The Morgan fingerprint density at radius 3 is 1.29 bits per heavy atom. The minimum Gasteiger partial charge on any atom is -0.377 e. The molecule has 0 aromatic heterocycles. The molecule has 2 aromatic rings. The van der Waals surface area contributed by atoms with E-state index < -0.39 is 0 Å². The number of urea groups is 1. The van der Waals surface area contributed by atoms with Gasteiger partial charge in [-0.2, -0.15) is 11.8 Å². The van der Waals surface area contributed by atoms with Crippen LogP contribution in [0.15, 0.2) is 42.5 Å². The Morgan fingerprint density at radius 1 is 0.434 bits per heavy atom. The quantitative estimate of drug-likeness (QED) is 0.0467. The van der Waals surface area contributed by atoms with Crippen LogP contribution in [0.2, 0.25) is 0 Å². The summed E-state index contributed by atoms with van der Waals surface area (Å²) in [6, 6.07) is 13.0. The molecular weight excluding hydrogens is 1290 g/mol. The first-order valence-electron chi connectivity index (χ1n) is 36.8. The Morgan fingerprint density at radius 2 is 0.838 bits per heavy atom. The van der Waals surface area contributed by atoms with E-state index in [4.69, 9.17) is 52.1 Å². The highest BCUT2D eigenvalue weighted by Gasteiger charge is 2.42. The number of anilines is 2. The van der Waals surface area contributed by atoms with Crippen molar-refractivity contribution in [1.29, 1.82) is 0 Å². The van der Waals surface area contributed by atoms with E-state index in [-0.39, 0.29) is 41.7 Å². The summed E-state index contributed by atoms with van der Waals surface area (Å²) in [5.74, 6) is 0.668. The molecule has 0 bridgehead atoms. The molecule has 28 heteroatoms. The van der Waals surface area contributed by atoms with Gasteiger partial charge in [-0.25, -0.2) is 4.79 Å². The molecule has 0 radical (unpaired) electrons. The number of hydrogen-bond acceptors (Lipinski definition) is 22. The molecule has 6 fully saturated rings. The zero-order valence-electron chi connectivity index (χ0n) is 59.0. The minimum absolute atomic E-state index is 0.0340. The lowest BCUT2D eigenvalue weighted by molar-refractivity contribution is -0.121. The number of fused-ring (bicyclic) bond motifs is 1. The fraction of sp³-hybridized carbons (Fsp3) is 0.761. The van der Waals surface area contributed by atoms with E-state index in [0.29, 0.717) is 224 Å². The van der Waals surface area contributed by atoms with Gasteiger partial charge in [0.05, 0.1) is 169 Å². The SMILES string of the molecule is O=C(CCCC[C@@H]1SC[C@@H]2NC(=O)N[C@@H]21)NCCOCCOCCOCCOCCOCCOCCOCCOCCOCCOCCOCCNC(=O)c1ccc(Nc2cc(C(=O)N3CCN(CCN4CCCCC4)CC3)ccc2C(=O)N2CCN(CCN3CCCCC3)CC2)cc1. The second-order valence-corrected chi connectivity index (χ2v) is 27.0. The minimum atomic E-state index is -0.226. The number of amides is 6. The third-order valence-electron chi connectivity index (χ3n) is 18.5. The summed E-state index contributed by atoms with van der Waals surface area (Å²) in [5, 5.41) is 15.7. The van der Waals surface area contributed by atoms with E-state index in [9.17, 15) is 24.0 Å². The van der Waals surface area contributed by atoms with Gasteiger partial charge in [-0.05, 0) is 107 Å². The molecule has 6 saturated heterocycles. The third kappa shape index (κ3) is 31.7. The van der Waals surface area contributed by atoms with Gasteiger partial charge in [0.2, 0.25) is 5.91 Å². The van der Waals surface area contributed by atoms with E-state index in [1.807, 2.05) is 39.8 Å². The van der Waals surface area contributed by atoms with Crippen LogP contribution in [0.4, 0.5) is 16.2 Å². The highest BCUT2D eigenvalue weighted by atomic mass is 32.2. The van der Waals surface area contributed by atoms with Crippen molar-refractivity contribution in [3.05, 3.63) is 59.2 Å². The van der Waals surface area contributed by atoms with Gasteiger partial charge in [0.1, 0.15) is 0 Å². The maximum atomic E-state index is 14.3. The van der Waals surface area contributed by atoms with Gasteiger partial charge in [-0.3, -0.25) is 29.0 Å². The number of ether oxygens (including phenoxy) is 11. The van der Waals surface area contributed by atoms with Gasteiger partial charge < -0.3 is 98.3 Å². The molecule has 6 aliphatic heterocycles. The molecule has 0 aliphatic carbocycles. The van der Waals surface area contributed by atoms with E-state index in [0.717, 1.165) is 77.4 Å². The standard InChI is InChI=1S/C71H117N11O16S/c83-66(10-4-3-9-65-67-64(58-99-65)75-71(87)76-67)72-17-35-88-37-39-90-41-43-92-45-47-94-49-51-96-53-55-98-56-54-97-52-50-95-48-46-93-44-42-91-40-38-89-36-18-73-68(84)59-11-14-61(15-12-59)74-63-57-60(69(85)81-31-27-79(28-32-81)25-23-77-19-5-1-6-20-77)13-16-62(63)70(86)82-33-29-80(30-34-82)26-24-78-21-7-2-8-22-78/h11-16,57,64-65,67,74H,1-10,17-56,58H2,(H,72,83)(H,73,84)(H2,75,76,87)/t64-,65-,67-/m0/s1. The number of thioether (sulfide) groups is 1. The fourth-order valence-corrected chi connectivity index (χ4v) is 14.3. The molecular formula is C71H117N11O16S. The molecule has 6 amide bonds. The highest BCUT2D eigenvalue weighted by molar-refractivity contribution is 8.00. The third-order valence-corrected chi connectivity index (χ3v) is 20.0. The fourth-order valence-electron chi connectivity index (χ4n) is 12.7. The zero-order valence-corrected chi connectivity index (χ0v) is 59.8. The smallest absolute Gasteiger partial charge is 0.315 e. The normalized spacial score (nSPS) is 19.5. The predicted octanol–water partition coefficient (Wildman–Crippen LogP) is 3.67. The van der Waals surface area contributed by atoms with Crippen LogP contribution in [-0.4, -0.2) is 345 Å². The van der Waals surface area contributed by atoms with Gasteiger partial charge in [-0.1, -0.05) is 19.3 Å². The van der Waals surface area contributed by atoms with Crippen LogP contribution in [0.1, 0.15) is 95.3 Å². The van der Waals surface area contributed by atoms with Crippen molar-refractivity contribution < 1.29 is 76.1 Å². The van der Waals surface area contributed by atoms with E-state index in [2.05, 4.69) is 46.2 Å². The van der Waals surface area contributed by atoms with Crippen LogP contribution >= 0.6 is 11.8 Å². The Hall–Kier alpha value is -4.86. The van der Waals surface area contributed by atoms with Crippen LogP contribution in [0.25, 0.3) is 0 Å². The van der Waals surface area contributed by atoms with Gasteiger partial charge in [0, 0.05) is 126 Å². The Labute approximate surface area is 591 Å². The van der Waals surface area contributed by atoms with Crippen LogP contribution in [-0.2, 0) is 56.9 Å². The summed E-state index contributed by atoms with van der Waals surface area (Å²) in [6.45, 7) is 25.5. The number of benzene rings is 2. The average Bonchev–Trinajstić information content (AvgIpc) is 1.52. The Kier molecular flexibility index (Phi) is 39.4. The van der Waals surface area contributed by atoms with Crippen molar-refractivity contribution >= 4 is 52.8 Å². The lowest BCUT2D eigenvalue weighted by Gasteiger charge is -2.37. The number of piperazine rings is 2. The molecule has 8 rings (SSSR count). The second-order valence-electron chi connectivity index (χ2n) is 25.7. The summed E-state index contributed by atoms with van der Waals surface area (Å²) in [4.78, 5) is 79.1. The van der Waals surface area contributed by atoms with Gasteiger partial charge in [-0.15, -0.1) is 0 Å². The summed E-state index contributed by atoms with van der Waals surface area (Å²) < 4.78 is 61.3. The van der Waals surface area contributed by atoms with Crippen molar-refractivity contribution in [2.75, 3.05) is 274 Å². The first-order chi connectivity index (χ1) is 48.8. The summed E-state index contributed by atoms with van der Waals surface area (Å²) >= 11 is 1.90. The molecule has 6 aliphatic rings. The molecule has 99 heavy (non-hydrogen) atoms. The molecule has 558 valence electrons. The number of nitrogens with one attached hydrogen (secondary N) is 5. The van der Waals surface area contributed by atoms with Gasteiger partial charge >= 0.3 is 6.03 Å². The first kappa shape index (κ1) is 79.8. The Bertz CT molecular complexity index is 2560. The van der Waals surface area contributed by atoms with Crippen molar-refractivity contribution in [1.82, 2.24) is 50.7 Å². The van der Waals surface area contributed by atoms with E-state index >= 15 is 0 Å². The second kappa shape index (κ2) is 48.9. The van der Waals surface area contributed by atoms with Crippen molar-refractivity contribution in [3.8, 4) is 0 Å². The number of carbonyl (C=O) groups excluding carboxylic acids is 5. The number of hydrogen-bond donors (Lipinski definition) is 5. The number of piperidine rings is 2. The maximum absolute atomic E-state index is 14.3. The predicted molar refractivity (Wildman–Crippen MR) is 380 cm³/mol. The van der Waals surface area contributed by atoms with Crippen molar-refractivity contribution in [3.63, 3.8) is 0 Å². The largest absolute Gasteiger partial charge is 0.377 e. The highest BCUT2D eigenvalue weighted by Crippen LogP contribution is 2.33. The van der Waals surface area contributed by atoms with Gasteiger partial charge in [0.15, 0.2) is 0 Å². The van der Waals surface area contributed by atoms with E-state index in [1.54, 1.807) is 24.3 Å². The van der Waals surface area contributed by atoms with Gasteiger partial charge in [0.25, 0.3) is 17.7 Å². The lowest BCUT2D eigenvalue weighted by Crippen LogP contribution is -2.50. The molecule has 2 aromatic carbocycles. The summed E-state index contributed by atoms with van der Waals surface area (Å²) in [5.41, 5.74) is 2.82. The van der Waals surface area contributed by atoms with Crippen LogP contribution < -0.4 is 26.6 Å². The molecule has 0 saturated carbocycles. The molecule has 0 spiro atoms. The maximum Gasteiger partial charge on any atom is 0.315 e. The lowest BCUT2D eigenvalue weighted by atomic mass is 10.0. The van der Waals surface area contributed by atoms with Crippen LogP contribution in [0, 0.1) is 0 Å². The monoisotopic (exact) mass is 1410 g/mol. The summed E-state index contributed by atoms with van der Waals surface area (Å²) in [7, 11) is 0. The molecule has 5 N–H and O–H groups in total. The topological polar surface area (TPSA) is 266 Å². The molecule has 0 unspecified atom stereocenters. The number of carbonyl (C=O) groups is 5. The number of nitrogens with zero attached hydrogens (tertiary/aromatic N) is 6. The number of likely N-dealkylation sites (tertiary alicyclic amines) is 2. The van der Waals surface area contributed by atoms with E-state index in [1.165, 1.54) is 64.7 Å². The average molecular weight is 1410 g/mol. The summed E-state index contributed by atoms with van der Waals surface area (Å²) in [6.07, 6.45) is 11.1. The molecule has 6 heterocycles. The zero-order chi connectivity index (χ0) is 69.0. The van der Waals surface area contributed by atoms with Crippen molar-refractivity contribution in [2.45, 2.75) is 81.5 Å². The molecule has 3 atom stereocenters. The first-order valence-corrected chi connectivity index (χ1v) is 37.9. The van der Waals surface area contributed by atoms with Crippen LogP contribution in [0.5, 0.6) is 0 Å².